The lowest BCUT2D eigenvalue weighted by atomic mass is 10.1. The van der Waals surface area contributed by atoms with E-state index in [0.29, 0.717) is 30.1 Å². The molecule has 6 heteroatoms. The molecule has 0 radical (unpaired) electrons. The van der Waals surface area contributed by atoms with Gasteiger partial charge in [0, 0.05) is 23.7 Å². The second-order valence-electron chi connectivity index (χ2n) is 5.52. The lowest BCUT2D eigenvalue weighted by Gasteiger charge is -2.26. The SMILES string of the molecule is CCCN(Cc1c(F)cccc1Cl)C(=O)[C@@H]1CC[C@H](CN)O1. The van der Waals surface area contributed by atoms with Crippen LogP contribution in [0.1, 0.15) is 31.7 Å². The fourth-order valence-electron chi connectivity index (χ4n) is 2.68. The molecule has 1 aromatic carbocycles. The first-order valence-corrected chi connectivity index (χ1v) is 8.01. The minimum absolute atomic E-state index is 0.0607. The Hall–Kier alpha value is -1.17. The highest BCUT2D eigenvalue weighted by Gasteiger charge is 2.33. The topological polar surface area (TPSA) is 55.6 Å². The third-order valence-electron chi connectivity index (χ3n) is 3.86. The second kappa shape index (κ2) is 7.90. The molecule has 2 atom stereocenters. The largest absolute Gasteiger partial charge is 0.364 e. The molecule has 2 N–H and O–H groups in total. The summed E-state index contributed by atoms with van der Waals surface area (Å²) in [7, 11) is 0. The Bertz CT molecular complexity index is 507. The van der Waals surface area contributed by atoms with Gasteiger partial charge in [0.05, 0.1) is 12.6 Å². The van der Waals surface area contributed by atoms with Crippen LogP contribution in [-0.4, -0.2) is 36.1 Å². The van der Waals surface area contributed by atoms with Crippen molar-refractivity contribution in [3.63, 3.8) is 0 Å². The fraction of sp³-hybridized carbons (Fsp3) is 0.562. The van der Waals surface area contributed by atoms with Gasteiger partial charge in [-0.25, -0.2) is 4.39 Å². The Morgan fingerprint density at radius 1 is 1.50 bits per heavy atom. The van der Waals surface area contributed by atoms with E-state index in [2.05, 4.69) is 0 Å². The molecule has 0 unspecified atom stereocenters. The van der Waals surface area contributed by atoms with Crippen LogP contribution in [0.5, 0.6) is 0 Å². The standard InChI is InChI=1S/C16H22ClFN2O2/c1-2-8-20(10-12-13(17)4-3-5-14(12)18)16(21)15-7-6-11(9-19)22-15/h3-5,11,15H,2,6-10,19H2,1H3/t11-,15+/m1/s1. The van der Waals surface area contributed by atoms with Crippen molar-refractivity contribution in [2.24, 2.45) is 5.73 Å². The van der Waals surface area contributed by atoms with E-state index in [4.69, 9.17) is 22.1 Å². The van der Waals surface area contributed by atoms with E-state index in [1.807, 2.05) is 6.92 Å². The molecule has 122 valence electrons. The van der Waals surface area contributed by atoms with E-state index in [0.717, 1.165) is 12.8 Å². The maximum atomic E-state index is 13.9. The van der Waals surface area contributed by atoms with Gasteiger partial charge < -0.3 is 15.4 Å². The molecule has 1 fully saturated rings. The summed E-state index contributed by atoms with van der Waals surface area (Å²) < 4.78 is 19.6. The average Bonchev–Trinajstić information content (AvgIpc) is 2.98. The van der Waals surface area contributed by atoms with Gasteiger partial charge in [0.1, 0.15) is 11.9 Å². The van der Waals surface area contributed by atoms with Crippen molar-refractivity contribution in [2.75, 3.05) is 13.1 Å². The number of carbonyl (C=O) groups is 1. The van der Waals surface area contributed by atoms with Crippen LogP contribution >= 0.6 is 11.6 Å². The highest BCUT2D eigenvalue weighted by molar-refractivity contribution is 6.31. The van der Waals surface area contributed by atoms with Crippen LogP contribution in [0.15, 0.2) is 18.2 Å². The normalized spacial score (nSPS) is 21.1. The number of ether oxygens (including phenoxy) is 1. The number of benzene rings is 1. The predicted molar refractivity (Wildman–Crippen MR) is 84.1 cm³/mol. The number of amides is 1. The molecule has 22 heavy (non-hydrogen) atoms. The monoisotopic (exact) mass is 328 g/mol. The molecule has 1 saturated heterocycles. The number of carbonyl (C=O) groups excluding carboxylic acids is 1. The number of nitrogens with two attached hydrogens (primary N) is 1. The molecule has 0 saturated carbocycles. The molecule has 0 aromatic heterocycles. The molecule has 2 rings (SSSR count). The molecule has 0 bridgehead atoms. The van der Waals surface area contributed by atoms with Crippen LogP contribution in [0.3, 0.4) is 0 Å². The van der Waals surface area contributed by atoms with Crippen molar-refractivity contribution < 1.29 is 13.9 Å². The summed E-state index contributed by atoms with van der Waals surface area (Å²) in [5.74, 6) is -0.509. The van der Waals surface area contributed by atoms with Gasteiger partial charge in [-0.1, -0.05) is 24.6 Å². The lowest BCUT2D eigenvalue weighted by Crippen LogP contribution is -2.40. The molecule has 1 heterocycles. The second-order valence-corrected chi connectivity index (χ2v) is 5.93. The quantitative estimate of drug-likeness (QED) is 0.873. The van der Waals surface area contributed by atoms with Crippen molar-refractivity contribution in [2.45, 2.75) is 44.9 Å². The Balaban J connectivity index is 2.11. The summed E-state index contributed by atoms with van der Waals surface area (Å²) in [6.07, 6.45) is 1.68. The Morgan fingerprint density at radius 3 is 2.86 bits per heavy atom. The molecule has 1 aliphatic rings. The third kappa shape index (κ3) is 3.97. The van der Waals surface area contributed by atoms with Gasteiger partial charge in [0.15, 0.2) is 0 Å². The smallest absolute Gasteiger partial charge is 0.252 e. The molecular formula is C16H22ClFN2O2. The van der Waals surface area contributed by atoms with Gasteiger partial charge in [-0.05, 0) is 31.4 Å². The fourth-order valence-corrected chi connectivity index (χ4v) is 2.90. The first kappa shape index (κ1) is 17.2. The summed E-state index contributed by atoms with van der Waals surface area (Å²) in [5, 5.41) is 0.334. The predicted octanol–water partition coefficient (Wildman–Crippen LogP) is 2.72. The zero-order chi connectivity index (χ0) is 16.1. The van der Waals surface area contributed by atoms with Gasteiger partial charge in [0.25, 0.3) is 5.91 Å². The molecule has 1 aromatic rings. The van der Waals surface area contributed by atoms with Crippen LogP contribution in [0.25, 0.3) is 0 Å². The number of hydrogen-bond acceptors (Lipinski definition) is 3. The zero-order valence-electron chi connectivity index (χ0n) is 12.7. The summed E-state index contributed by atoms with van der Waals surface area (Å²) in [6.45, 7) is 3.08. The van der Waals surface area contributed by atoms with Crippen molar-refractivity contribution in [1.82, 2.24) is 4.90 Å². The highest BCUT2D eigenvalue weighted by Crippen LogP contribution is 2.24. The summed E-state index contributed by atoms with van der Waals surface area (Å²) >= 11 is 6.06. The summed E-state index contributed by atoms with van der Waals surface area (Å²) in [6, 6.07) is 4.54. The van der Waals surface area contributed by atoms with Crippen LogP contribution in [0, 0.1) is 5.82 Å². The number of hydrogen-bond donors (Lipinski definition) is 1. The van der Waals surface area contributed by atoms with E-state index in [1.165, 1.54) is 6.07 Å². The number of rotatable bonds is 6. The van der Waals surface area contributed by atoms with E-state index >= 15 is 0 Å². The van der Waals surface area contributed by atoms with Crippen LogP contribution in [-0.2, 0) is 16.1 Å². The maximum Gasteiger partial charge on any atom is 0.252 e. The summed E-state index contributed by atoms with van der Waals surface area (Å²) in [5.41, 5.74) is 5.92. The van der Waals surface area contributed by atoms with E-state index in [-0.39, 0.29) is 18.6 Å². The summed E-state index contributed by atoms with van der Waals surface area (Å²) in [4.78, 5) is 14.2. The van der Waals surface area contributed by atoms with Gasteiger partial charge >= 0.3 is 0 Å². The van der Waals surface area contributed by atoms with Gasteiger partial charge in [0.2, 0.25) is 0 Å². The van der Waals surface area contributed by atoms with E-state index < -0.39 is 11.9 Å². The van der Waals surface area contributed by atoms with E-state index in [9.17, 15) is 9.18 Å². The molecule has 0 spiro atoms. The van der Waals surface area contributed by atoms with Gasteiger partial charge in [-0.15, -0.1) is 0 Å². The minimum atomic E-state index is -0.481. The number of nitrogens with zero attached hydrogens (tertiary/aromatic N) is 1. The van der Waals surface area contributed by atoms with Crippen molar-refractivity contribution in [3.05, 3.63) is 34.6 Å². The van der Waals surface area contributed by atoms with Crippen molar-refractivity contribution >= 4 is 17.5 Å². The van der Waals surface area contributed by atoms with Crippen molar-refractivity contribution in [3.8, 4) is 0 Å². The Labute approximate surface area is 135 Å². The first-order valence-electron chi connectivity index (χ1n) is 7.64. The minimum Gasteiger partial charge on any atom is -0.364 e. The van der Waals surface area contributed by atoms with Gasteiger partial charge in [-0.2, -0.15) is 0 Å². The molecular weight excluding hydrogens is 307 g/mol. The van der Waals surface area contributed by atoms with Crippen molar-refractivity contribution in [1.29, 1.82) is 0 Å². The molecule has 0 aliphatic carbocycles. The molecule has 1 amide bonds. The first-order chi connectivity index (χ1) is 10.6. The maximum absolute atomic E-state index is 13.9. The van der Waals surface area contributed by atoms with Gasteiger partial charge in [-0.3, -0.25) is 4.79 Å². The third-order valence-corrected chi connectivity index (χ3v) is 4.22. The zero-order valence-corrected chi connectivity index (χ0v) is 13.5. The molecule has 1 aliphatic heterocycles. The van der Waals surface area contributed by atoms with E-state index in [1.54, 1.807) is 17.0 Å². The Morgan fingerprint density at radius 2 is 2.27 bits per heavy atom. The number of halogens is 2. The molecule has 4 nitrogen and oxygen atoms in total. The highest BCUT2D eigenvalue weighted by atomic mass is 35.5. The average molecular weight is 329 g/mol. The Kier molecular flexibility index (Phi) is 6.17. The van der Waals surface area contributed by atoms with Crippen LogP contribution in [0.2, 0.25) is 5.02 Å². The van der Waals surface area contributed by atoms with Crippen LogP contribution in [0.4, 0.5) is 4.39 Å². The van der Waals surface area contributed by atoms with Crippen LogP contribution < -0.4 is 5.73 Å². The lowest BCUT2D eigenvalue weighted by molar-refractivity contribution is -0.143.